The second-order valence-electron chi connectivity index (χ2n) is 8.53. The zero-order valence-electron chi connectivity index (χ0n) is 19.5. The minimum absolute atomic E-state index is 0.0543. The van der Waals surface area contributed by atoms with Gasteiger partial charge in [-0.1, -0.05) is 32.0 Å². The van der Waals surface area contributed by atoms with Crippen molar-refractivity contribution in [3.63, 3.8) is 0 Å². The Labute approximate surface area is 198 Å². The van der Waals surface area contributed by atoms with E-state index in [-0.39, 0.29) is 24.1 Å². The maximum absolute atomic E-state index is 13.7. The zero-order valence-corrected chi connectivity index (χ0v) is 20.4. The second-order valence-corrected chi connectivity index (χ2v) is 11.3. The van der Waals surface area contributed by atoms with Crippen molar-refractivity contribution < 1.29 is 28.5 Å². The van der Waals surface area contributed by atoms with Gasteiger partial charge in [-0.25, -0.2) is 9.07 Å². The zero-order chi connectivity index (χ0) is 24.9. The van der Waals surface area contributed by atoms with Gasteiger partial charge in [-0.15, -0.1) is 0 Å². The number of hydrogen-bond acceptors (Lipinski definition) is 5. The molecule has 2 atom stereocenters. The Morgan fingerprint density at radius 1 is 1.15 bits per heavy atom. The lowest BCUT2D eigenvalue weighted by Crippen LogP contribution is -2.19. The Kier molecular flexibility index (Phi) is 8.42. The van der Waals surface area contributed by atoms with E-state index in [0.29, 0.717) is 6.42 Å². The topological polar surface area (TPSA) is 102 Å². The first kappa shape index (κ1) is 25.8. The van der Waals surface area contributed by atoms with Crippen molar-refractivity contribution >= 4 is 13.3 Å². The summed E-state index contributed by atoms with van der Waals surface area (Å²) in [6.07, 6.45) is -1.58. The molecule has 0 aliphatic carbocycles. The molecular weight excluding hydrogens is 458 g/mol. The van der Waals surface area contributed by atoms with Crippen LogP contribution in [0.25, 0.3) is 16.9 Å². The highest BCUT2D eigenvalue weighted by Gasteiger charge is 2.30. The summed E-state index contributed by atoms with van der Waals surface area (Å²) in [6, 6.07) is 15.7. The van der Waals surface area contributed by atoms with Gasteiger partial charge in [-0.2, -0.15) is 5.10 Å². The van der Waals surface area contributed by atoms with Gasteiger partial charge in [0.05, 0.1) is 35.8 Å². The molecule has 3 aromatic rings. The van der Waals surface area contributed by atoms with Crippen LogP contribution in [0.5, 0.6) is 0 Å². The van der Waals surface area contributed by atoms with Gasteiger partial charge >= 0.3 is 5.97 Å². The molecule has 1 unspecified atom stereocenters. The van der Waals surface area contributed by atoms with Gasteiger partial charge in [-0.3, -0.25) is 9.36 Å². The summed E-state index contributed by atoms with van der Waals surface area (Å²) in [5, 5.41) is 23.8. The Balaban J connectivity index is 2.06. The van der Waals surface area contributed by atoms with E-state index in [2.05, 4.69) is 0 Å². The summed E-state index contributed by atoms with van der Waals surface area (Å²) in [5.74, 6) is -1.46. The van der Waals surface area contributed by atoms with Crippen LogP contribution in [0.4, 0.5) is 4.39 Å². The number of nitrogens with zero attached hydrogens (tertiary/aromatic N) is 2. The van der Waals surface area contributed by atoms with Crippen LogP contribution >= 0.6 is 7.37 Å². The summed E-state index contributed by atoms with van der Waals surface area (Å²) >= 11 is 0. The SMILES string of the molecule is COP(=O)(CCc1c(C(C)C)nn(-c2ccccc2)c1-c1ccc(F)cc1)C[C@@H](O)CC(=O)O. The molecular formula is C25H30FN2O5P. The van der Waals surface area contributed by atoms with Gasteiger partial charge < -0.3 is 14.7 Å². The maximum atomic E-state index is 13.7. The lowest BCUT2D eigenvalue weighted by Gasteiger charge is -2.19. The molecule has 2 aromatic carbocycles. The summed E-state index contributed by atoms with van der Waals surface area (Å²) in [7, 11) is -2.01. The minimum Gasteiger partial charge on any atom is -0.481 e. The van der Waals surface area contributed by atoms with E-state index in [1.807, 2.05) is 48.9 Å². The Bertz CT molecular complexity index is 1160. The van der Waals surface area contributed by atoms with Crippen LogP contribution in [0, 0.1) is 5.82 Å². The number of para-hydroxylation sites is 1. The molecule has 0 saturated carbocycles. The van der Waals surface area contributed by atoms with Crippen LogP contribution in [-0.2, 0) is 20.3 Å². The fourth-order valence-corrected chi connectivity index (χ4v) is 5.81. The molecule has 0 aliphatic rings. The van der Waals surface area contributed by atoms with Crippen molar-refractivity contribution in [1.82, 2.24) is 9.78 Å². The highest BCUT2D eigenvalue weighted by Crippen LogP contribution is 2.48. The van der Waals surface area contributed by atoms with Gasteiger partial charge in [0.15, 0.2) is 0 Å². The van der Waals surface area contributed by atoms with E-state index < -0.39 is 25.9 Å². The van der Waals surface area contributed by atoms with Crippen molar-refractivity contribution in [2.45, 2.75) is 38.7 Å². The van der Waals surface area contributed by atoms with E-state index >= 15 is 0 Å². The number of carboxylic acids is 1. The third-order valence-corrected chi connectivity index (χ3v) is 8.16. The van der Waals surface area contributed by atoms with Crippen LogP contribution in [0.1, 0.15) is 37.4 Å². The average molecular weight is 488 g/mol. The summed E-state index contributed by atoms with van der Waals surface area (Å²) in [5.41, 5.74) is 4.04. The first-order chi connectivity index (χ1) is 16.1. The molecule has 9 heteroatoms. The summed E-state index contributed by atoms with van der Waals surface area (Å²) in [4.78, 5) is 10.9. The number of aliphatic carboxylic acids is 1. The predicted octanol–water partition coefficient (Wildman–Crippen LogP) is 5.10. The number of aliphatic hydroxyl groups is 1. The number of carbonyl (C=O) groups is 1. The highest BCUT2D eigenvalue weighted by molar-refractivity contribution is 7.59. The van der Waals surface area contributed by atoms with Crippen molar-refractivity contribution in [1.29, 1.82) is 0 Å². The number of aromatic nitrogens is 2. The van der Waals surface area contributed by atoms with Crippen molar-refractivity contribution in [3.05, 3.63) is 71.7 Å². The minimum atomic E-state index is -3.32. The maximum Gasteiger partial charge on any atom is 0.305 e. The lowest BCUT2D eigenvalue weighted by molar-refractivity contribution is -0.138. The molecule has 182 valence electrons. The van der Waals surface area contributed by atoms with Gasteiger partial charge in [0, 0.05) is 24.4 Å². The average Bonchev–Trinajstić information content (AvgIpc) is 3.18. The molecule has 2 N–H and O–H groups in total. The molecule has 1 heterocycles. The largest absolute Gasteiger partial charge is 0.481 e. The van der Waals surface area contributed by atoms with Crippen LogP contribution in [0.15, 0.2) is 54.6 Å². The second kappa shape index (κ2) is 11.1. The molecule has 0 spiro atoms. The molecule has 7 nitrogen and oxygen atoms in total. The monoisotopic (exact) mass is 488 g/mol. The van der Waals surface area contributed by atoms with E-state index in [1.165, 1.54) is 19.2 Å². The van der Waals surface area contributed by atoms with E-state index in [0.717, 1.165) is 28.2 Å². The van der Waals surface area contributed by atoms with Crippen molar-refractivity contribution in [3.8, 4) is 16.9 Å². The molecule has 0 radical (unpaired) electrons. The number of aliphatic hydroxyl groups excluding tert-OH is 1. The Morgan fingerprint density at radius 3 is 2.35 bits per heavy atom. The molecule has 0 saturated heterocycles. The third-order valence-electron chi connectivity index (χ3n) is 5.61. The highest BCUT2D eigenvalue weighted by atomic mass is 31.2. The molecule has 0 amide bonds. The number of hydrogen-bond donors (Lipinski definition) is 2. The van der Waals surface area contributed by atoms with Crippen LogP contribution in [0.2, 0.25) is 0 Å². The number of carboxylic acid groups (broad SMARTS) is 1. The Morgan fingerprint density at radius 2 is 1.79 bits per heavy atom. The number of halogens is 1. The predicted molar refractivity (Wildman–Crippen MR) is 129 cm³/mol. The molecule has 3 rings (SSSR count). The normalized spacial score (nSPS) is 14.2. The molecule has 0 fully saturated rings. The quantitative estimate of drug-likeness (QED) is 0.364. The number of benzene rings is 2. The van der Waals surface area contributed by atoms with Gasteiger partial charge in [0.25, 0.3) is 0 Å². The van der Waals surface area contributed by atoms with Crippen molar-refractivity contribution in [2.75, 3.05) is 19.4 Å². The van der Waals surface area contributed by atoms with E-state index in [4.69, 9.17) is 14.7 Å². The van der Waals surface area contributed by atoms with Crippen LogP contribution in [-0.4, -0.2) is 51.5 Å². The Hall–Kier alpha value is -2.80. The molecule has 0 aliphatic heterocycles. The first-order valence-electron chi connectivity index (χ1n) is 11.1. The lowest BCUT2D eigenvalue weighted by atomic mass is 9.98. The van der Waals surface area contributed by atoms with Crippen LogP contribution < -0.4 is 0 Å². The fourth-order valence-electron chi connectivity index (χ4n) is 3.96. The summed E-state index contributed by atoms with van der Waals surface area (Å²) < 4.78 is 34.1. The van der Waals surface area contributed by atoms with Gasteiger partial charge in [-0.05, 0) is 48.7 Å². The molecule has 34 heavy (non-hydrogen) atoms. The third kappa shape index (κ3) is 6.20. The van der Waals surface area contributed by atoms with Gasteiger partial charge in [0.2, 0.25) is 7.37 Å². The van der Waals surface area contributed by atoms with E-state index in [9.17, 15) is 18.9 Å². The van der Waals surface area contributed by atoms with Crippen molar-refractivity contribution in [2.24, 2.45) is 0 Å². The van der Waals surface area contributed by atoms with Gasteiger partial charge in [0.1, 0.15) is 5.82 Å². The van der Waals surface area contributed by atoms with E-state index in [1.54, 1.807) is 12.1 Å². The standard InChI is InChI=1S/C25H30FN2O5P/c1-17(2)24-22(13-14-34(32,33-3)16-21(29)15-23(30)31)25(18-9-11-19(26)12-10-18)28(27-24)20-7-5-4-6-8-20/h4-12,17,21,29H,13-16H2,1-3H3,(H,30,31)/t21-,34?/m0/s1. The fraction of sp³-hybridized carbons (Fsp3) is 0.360. The van der Waals surface area contributed by atoms with Crippen LogP contribution in [0.3, 0.4) is 0 Å². The number of rotatable bonds is 11. The molecule has 1 aromatic heterocycles. The molecule has 0 bridgehead atoms. The summed E-state index contributed by atoms with van der Waals surface area (Å²) in [6.45, 7) is 4.03. The first-order valence-corrected chi connectivity index (χ1v) is 13.1. The smallest absolute Gasteiger partial charge is 0.305 e.